The fourth-order valence-corrected chi connectivity index (χ4v) is 0.654. The molecule has 7 heteroatoms. The third-order valence-electron chi connectivity index (χ3n) is 1.27. The van der Waals surface area contributed by atoms with Crippen molar-refractivity contribution in [2.24, 2.45) is 11.7 Å². The van der Waals surface area contributed by atoms with Gasteiger partial charge in [-0.15, -0.1) is 0 Å². The molecule has 0 unspecified atom stereocenters. The van der Waals surface area contributed by atoms with Crippen molar-refractivity contribution >= 4 is 11.9 Å². The number of hydrogen-bond acceptors (Lipinski definition) is 5. The zero-order valence-corrected chi connectivity index (χ0v) is 11.9. The van der Waals surface area contributed by atoms with Gasteiger partial charge in [-0.25, -0.2) is 0 Å². The average molecular weight is 205 g/mol. The minimum Gasteiger partial charge on any atom is -0.549 e. The molecule has 64 valence electrons. The summed E-state index contributed by atoms with van der Waals surface area (Å²) >= 11 is 0. The molecule has 0 aliphatic rings. The Labute approximate surface area is 121 Å². The number of carbonyl (C=O) groups excluding carboxylic acids is 2. The molecule has 0 rings (SSSR count). The number of aliphatic carboxylic acids is 2. The van der Waals surface area contributed by atoms with E-state index in [2.05, 4.69) is 0 Å². The van der Waals surface area contributed by atoms with Crippen molar-refractivity contribution in [1.29, 1.82) is 0 Å². The van der Waals surface area contributed by atoms with Crippen LogP contribution >= 0.6 is 0 Å². The van der Waals surface area contributed by atoms with E-state index >= 15 is 0 Å². The van der Waals surface area contributed by atoms with Crippen molar-refractivity contribution in [1.82, 2.24) is 0 Å². The van der Waals surface area contributed by atoms with Gasteiger partial charge in [-0.1, -0.05) is 0 Å². The fourth-order valence-electron chi connectivity index (χ4n) is 0.654. The maximum Gasteiger partial charge on any atom is 1.00 e. The van der Waals surface area contributed by atoms with Gasteiger partial charge in [0, 0.05) is 5.92 Å². The van der Waals surface area contributed by atoms with Crippen molar-refractivity contribution < 1.29 is 78.9 Å². The molecule has 5 nitrogen and oxygen atoms in total. The fraction of sp³-hybridized carbons (Fsp3) is 0.667. The van der Waals surface area contributed by atoms with E-state index in [4.69, 9.17) is 5.73 Å². The molecule has 0 spiro atoms. The maximum absolute atomic E-state index is 10.1. The van der Waals surface area contributed by atoms with Crippen molar-refractivity contribution in [2.45, 2.75) is 12.8 Å². The zero-order valence-electron chi connectivity index (χ0n) is 7.91. The van der Waals surface area contributed by atoms with Crippen LogP contribution in [-0.2, 0) is 9.59 Å². The number of nitrogens with two attached hydrogens (primary N) is 1. The summed E-state index contributed by atoms with van der Waals surface area (Å²) in [6.45, 7) is 0.261. The number of carbonyl (C=O) groups is 2. The Bertz CT molecular complexity index is 151. The van der Waals surface area contributed by atoms with Gasteiger partial charge in [0.1, 0.15) is 0 Å². The average Bonchev–Trinajstić information content (AvgIpc) is 1.87. The van der Waals surface area contributed by atoms with Crippen LogP contribution in [0.25, 0.3) is 0 Å². The summed E-state index contributed by atoms with van der Waals surface area (Å²) < 4.78 is 0. The van der Waals surface area contributed by atoms with Gasteiger partial charge in [0.2, 0.25) is 0 Å². The van der Waals surface area contributed by atoms with Crippen LogP contribution in [-0.4, -0.2) is 18.5 Å². The predicted molar refractivity (Wildman–Crippen MR) is 31.8 cm³/mol. The molecule has 0 saturated carbocycles. The van der Waals surface area contributed by atoms with Gasteiger partial charge < -0.3 is 25.5 Å². The topological polar surface area (TPSA) is 106 Å². The first-order valence-electron chi connectivity index (χ1n) is 3.21. The Morgan fingerprint density at radius 1 is 1.15 bits per heavy atom. The summed E-state index contributed by atoms with van der Waals surface area (Å²) in [6, 6.07) is 0. The van der Waals surface area contributed by atoms with E-state index in [0.717, 1.165) is 0 Å². The first-order valence-corrected chi connectivity index (χ1v) is 3.21. The Morgan fingerprint density at radius 3 is 1.77 bits per heavy atom. The van der Waals surface area contributed by atoms with E-state index in [9.17, 15) is 19.8 Å². The normalized spacial score (nSPS) is 8.46. The van der Waals surface area contributed by atoms with Crippen molar-refractivity contribution in [2.75, 3.05) is 6.54 Å². The first kappa shape index (κ1) is 19.5. The number of carboxylic acid groups (broad SMARTS) is 2. The molecule has 13 heavy (non-hydrogen) atoms. The van der Waals surface area contributed by atoms with E-state index in [0.29, 0.717) is 6.42 Å². The summed E-state index contributed by atoms with van der Waals surface area (Å²) in [6.07, 6.45) is 0.313. The van der Waals surface area contributed by atoms with E-state index in [-0.39, 0.29) is 72.1 Å². The molecule has 0 saturated heterocycles. The van der Waals surface area contributed by atoms with Crippen LogP contribution < -0.4 is 75.1 Å². The Hall–Kier alpha value is 0.900. The van der Waals surface area contributed by atoms with E-state index in [1.54, 1.807) is 0 Å². The molecule has 0 aliphatic carbocycles. The Kier molecular flexibility index (Phi) is 16.4. The summed E-state index contributed by atoms with van der Waals surface area (Å²) in [5, 5.41) is 20.1. The molecule has 0 atom stereocenters. The molecular weight excluding hydrogens is 196 g/mol. The first-order chi connectivity index (χ1) is 5.09. The van der Waals surface area contributed by atoms with Crippen LogP contribution in [0.15, 0.2) is 0 Å². The quantitative estimate of drug-likeness (QED) is 0.354. The number of hydrogen-bond donors (Lipinski definition) is 1. The van der Waals surface area contributed by atoms with Gasteiger partial charge >= 0.3 is 59.1 Å². The summed E-state index contributed by atoms with van der Waals surface area (Å²) in [7, 11) is 0. The zero-order chi connectivity index (χ0) is 8.85. The van der Waals surface area contributed by atoms with E-state index < -0.39 is 17.9 Å². The van der Waals surface area contributed by atoms with E-state index in [1.807, 2.05) is 0 Å². The van der Waals surface area contributed by atoms with Crippen LogP contribution in [0, 0.1) is 5.92 Å². The van der Waals surface area contributed by atoms with Gasteiger partial charge in [-0.2, -0.15) is 0 Å². The van der Waals surface area contributed by atoms with Crippen LogP contribution in [0.3, 0.4) is 0 Å². The monoisotopic (exact) mass is 205 g/mol. The molecule has 0 aromatic rings. The van der Waals surface area contributed by atoms with Crippen LogP contribution in [0.1, 0.15) is 12.8 Å². The number of rotatable bonds is 5. The van der Waals surface area contributed by atoms with Crippen LogP contribution in [0.4, 0.5) is 0 Å². The minimum absolute atomic E-state index is 0. The number of carboxylic acids is 2. The maximum atomic E-state index is 10.1. The van der Waals surface area contributed by atoms with Crippen molar-refractivity contribution in [3.8, 4) is 0 Å². The van der Waals surface area contributed by atoms with Gasteiger partial charge in [-0.3, -0.25) is 0 Å². The smallest absolute Gasteiger partial charge is 0.549 e. The van der Waals surface area contributed by atoms with E-state index in [1.165, 1.54) is 0 Å². The minimum atomic E-state index is -1.61. The third-order valence-corrected chi connectivity index (χ3v) is 1.27. The second-order valence-corrected chi connectivity index (χ2v) is 2.12. The van der Waals surface area contributed by atoms with Crippen LogP contribution in [0.2, 0.25) is 0 Å². The molecular formula is C6H9NNa2O4. The molecule has 0 radical (unpaired) electrons. The second kappa shape index (κ2) is 11.0. The molecule has 0 amide bonds. The second-order valence-electron chi connectivity index (χ2n) is 2.12. The third kappa shape index (κ3) is 9.21. The summed E-state index contributed by atoms with van der Waals surface area (Å²) in [4.78, 5) is 20.1. The predicted octanol–water partition coefficient (Wildman–Crippen LogP) is -9.15. The van der Waals surface area contributed by atoms with Crippen molar-refractivity contribution in [3.63, 3.8) is 0 Å². The van der Waals surface area contributed by atoms with Gasteiger partial charge in [0.15, 0.2) is 0 Å². The van der Waals surface area contributed by atoms with Crippen LogP contribution in [0.5, 0.6) is 0 Å². The van der Waals surface area contributed by atoms with Gasteiger partial charge in [0.25, 0.3) is 0 Å². The largest absolute Gasteiger partial charge is 1.00 e. The molecule has 0 fully saturated rings. The molecule has 0 bridgehead atoms. The van der Waals surface area contributed by atoms with Gasteiger partial charge in [-0.05, 0) is 19.4 Å². The Morgan fingerprint density at radius 2 is 1.54 bits per heavy atom. The molecule has 0 heterocycles. The molecule has 0 aromatic carbocycles. The summed E-state index contributed by atoms with van der Waals surface area (Å²) in [5.41, 5.74) is 5.05. The Balaban J connectivity index is -0.000000500. The molecule has 2 N–H and O–H groups in total. The van der Waals surface area contributed by atoms with Gasteiger partial charge in [0.05, 0.1) is 11.9 Å². The molecule has 0 aliphatic heterocycles. The SMILES string of the molecule is NCCCC(C(=O)[O-])C(=O)[O-].[Na+].[Na+]. The standard InChI is InChI=1S/C6H11NO4.2Na/c7-3-1-2-4(5(8)9)6(10)11;;/h4H,1-3,7H2,(H,8,9)(H,10,11);;/q;2*+1/p-2. The van der Waals surface area contributed by atoms with Crippen molar-refractivity contribution in [3.05, 3.63) is 0 Å². The molecule has 0 aromatic heterocycles. The summed E-state index contributed by atoms with van der Waals surface area (Å²) in [5.74, 6) is -4.75.